The lowest BCUT2D eigenvalue weighted by Crippen LogP contribution is -2.05. The minimum absolute atomic E-state index is 0.346. The lowest BCUT2D eigenvalue weighted by atomic mass is 10.0. The van der Waals surface area contributed by atoms with Gasteiger partial charge in [-0.05, 0) is 24.6 Å². The van der Waals surface area contributed by atoms with Crippen LogP contribution in [0.15, 0.2) is 24.7 Å². The Morgan fingerprint density at radius 2 is 2.32 bits per heavy atom. The van der Waals surface area contributed by atoms with Gasteiger partial charge in [-0.1, -0.05) is 0 Å². The topological polar surface area (TPSA) is 53.3 Å². The van der Waals surface area contributed by atoms with Crippen LogP contribution < -0.4 is 4.74 Å². The zero-order valence-corrected chi connectivity index (χ0v) is 10.8. The van der Waals surface area contributed by atoms with Crippen molar-refractivity contribution in [1.82, 2.24) is 9.55 Å². The number of nitrogens with zero attached hydrogens (tertiary/aromatic N) is 2. The highest BCUT2D eigenvalue weighted by Gasteiger charge is 2.20. The molecule has 2 aromatic rings. The van der Waals surface area contributed by atoms with Crippen LogP contribution in [0.2, 0.25) is 0 Å². The van der Waals surface area contributed by atoms with Crippen molar-refractivity contribution in [1.29, 1.82) is 0 Å². The highest BCUT2D eigenvalue weighted by molar-refractivity contribution is 5.92. The molecule has 1 aromatic carbocycles. The van der Waals surface area contributed by atoms with Gasteiger partial charge >= 0.3 is 5.97 Å². The van der Waals surface area contributed by atoms with Crippen molar-refractivity contribution in [2.45, 2.75) is 13.5 Å². The number of hydrogen-bond acceptors (Lipinski definition) is 4. The second-order valence-corrected chi connectivity index (χ2v) is 4.48. The average Bonchev–Trinajstić information content (AvgIpc) is 2.80. The fourth-order valence-electron chi connectivity index (χ4n) is 2.36. The van der Waals surface area contributed by atoms with Gasteiger partial charge in [0.1, 0.15) is 12.4 Å². The van der Waals surface area contributed by atoms with Gasteiger partial charge < -0.3 is 14.0 Å². The molecule has 5 heteroatoms. The van der Waals surface area contributed by atoms with Crippen LogP contribution in [0.1, 0.15) is 15.9 Å². The van der Waals surface area contributed by atoms with E-state index in [4.69, 9.17) is 9.47 Å². The molecule has 1 aliphatic rings. The number of fused-ring (bicyclic) bond motifs is 3. The molecule has 1 aliphatic heterocycles. The lowest BCUT2D eigenvalue weighted by Gasteiger charge is -2.12. The van der Waals surface area contributed by atoms with Crippen LogP contribution in [-0.2, 0) is 11.3 Å². The van der Waals surface area contributed by atoms with E-state index in [2.05, 4.69) is 4.98 Å². The second kappa shape index (κ2) is 4.42. The average molecular weight is 258 g/mol. The molecule has 0 saturated carbocycles. The maximum atomic E-state index is 11.7. The molecule has 0 aliphatic carbocycles. The van der Waals surface area contributed by atoms with Gasteiger partial charge in [-0.3, -0.25) is 0 Å². The monoisotopic (exact) mass is 258 g/mol. The third kappa shape index (κ3) is 1.87. The third-order valence-corrected chi connectivity index (χ3v) is 3.26. The lowest BCUT2D eigenvalue weighted by molar-refractivity contribution is 0.0600. The largest absolute Gasteiger partial charge is 0.491 e. The standard InChI is InChI=1S/C14H14N2O3/c1-9-5-10(14(17)18-2)6-11-12-7-15-8-16(12)3-4-19-13(9)11/h5-8H,3-4H2,1-2H3. The SMILES string of the molecule is COC(=O)c1cc(C)c2c(c1)-c1cncn1CCO2. The van der Waals surface area contributed by atoms with Crippen LogP contribution in [0, 0.1) is 6.92 Å². The van der Waals surface area contributed by atoms with Crippen LogP contribution in [-0.4, -0.2) is 29.2 Å². The highest BCUT2D eigenvalue weighted by atomic mass is 16.5. The van der Waals surface area contributed by atoms with E-state index < -0.39 is 0 Å². The number of aryl methyl sites for hydroxylation is 1. The van der Waals surface area contributed by atoms with Gasteiger partial charge in [0.2, 0.25) is 0 Å². The van der Waals surface area contributed by atoms with Crippen LogP contribution >= 0.6 is 0 Å². The maximum Gasteiger partial charge on any atom is 0.337 e. The highest BCUT2D eigenvalue weighted by Crippen LogP contribution is 2.36. The number of carbonyl (C=O) groups excluding carboxylic acids is 1. The number of methoxy groups -OCH3 is 1. The Labute approximate surface area is 110 Å². The first kappa shape index (κ1) is 11.8. The first-order chi connectivity index (χ1) is 9.20. The zero-order chi connectivity index (χ0) is 13.4. The van der Waals surface area contributed by atoms with Gasteiger partial charge in [-0.2, -0.15) is 0 Å². The summed E-state index contributed by atoms with van der Waals surface area (Å²) < 4.78 is 12.6. The number of benzene rings is 1. The summed E-state index contributed by atoms with van der Waals surface area (Å²) in [4.78, 5) is 15.9. The van der Waals surface area contributed by atoms with Gasteiger partial charge in [0.05, 0.1) is 37.4 Å². The van der Waals surface area contributed by atoms with Crippen molar-refractivity contribution in [3.63, 3.8) is 0 Å². The maximum absolute atomic E-state index is 11.7. The fraction of sp³-hybridized carbons (Fsp3) is 0.286. The van der Waals surface area contributed by atoms with Crippen molar-refractivity contribution in [2.75, 3.05) is 13.7 Å². The molecule has 3 rings (SSSR count). The number of aromatic nitrogens is 2. The number of esters is 1. The number of ether oxygens (including phenoxy) is 2. The second-order valence-electron chi connectivity index (χ2n) is 4.48. The van der Waals surface area contributed by atoms with Crippen molar-refractivity contribution >= 4 is 5.97 Å². The van der Waals surface area contributed by atoms with E-state index in [0.29, 0.717) is 12.2 Å². The summed E-state index contributed by atoms with van der Waals surface area (Å²) in [6.45, 7) is 3.27. The predicted molar refractivity (Wildman–Crippen MR) is 69.2 cm³/mol. The summed E-state index contributed by atoms with van der Waals surface area (Å²) in [5.41, 5.74) is 3.29. The molecule has 0 fully saturated rings. The predicted octanol–water partition coefficient (Wildman–Crippen LogP) is 2.04. The Balaban J connectivity index is 2.23. The summed E-state index contributed by atoms with van der Waals surface area (Å²) in [5.74, 6) is 0.466. The fourth-order valence-corrected chi connectivity index (χ4v) is 2.36. The molecule has 19 heavy (non-hydrogen) atoms. The summed E-state index contributed by atoms with van der Waals surface area (Å²) in [7, 11) is 1.38. The molecule has 0 atom stereocenters. The molecule has 0 spiro atoms. The minimum atomic E-state index is -0.346. The number of rotatable bonds is 1. The summed E-state index contributed by atoms with van der Waals surface area (Å²) in [6, 6.07) is 3.59. The zero-order valence-electron chi connectivity index (χ0n) is 10.8. The van der Waals surface area contributed by atoms with Crippen molar-refractivity contribution in [2.24, 2.45) is 0 Å². The van der Waals surface area contributed by atoms with E-state index in [1.807, 2.05) is 11.5 Å². The quantitative estimate of drug-likeness (QED) is 0.734. The Hall–Kier alpha value is -2.30. The van der Waals surface area contributed by atoms with E-state index >= 15 is 0 Å². The van der Waals surface area contributed by atoms with Crippen LogP contribution in [0.5, 0.6) is 5.75 Å². The van der Waals surface area contributed by atoms with Crippen LogP contribution in [0.25, 0.3) is 11.3 Å². The Bertz CT molecular complexity index is 646. The first-order valence-corrected chi connectivity index (χ1v) is 6.07. The normalized spacial score (nSPS) is 12.9. The van der Waals surface area contributed by atoms with E-state index in [1.54, 1.807) is 24.7 Å². The summed E-state index contributed by atoms with van der Waals surface area (Å²) in [6.07, 6.45) is 3.56. The van der Waals surface area contributed by atoms with Crippen molar-refractivity contribution < 1.29 is 14.3 Å². The molecule has 98 valence electrons. The number of imidazole rings is 1. The molecule has 0 radical (unpaired) electrons. The Morgan fingerprint density at radius 3 is 3.11 bits per heavy atom. The minimum Gasteiger partial charge on any atom is -0.491 e. The van der Waals surface area contributed by atoms with Crippen LogP contribution in [0.3, 0.4) is 0 Å². The van der Waals surface area contributed by atoms with Gasteiger partial charge in [0, 0.05) is 5.56 Å². The first-order valence-electron chi connectivity index (χ1n) is 6.07. The van der Waals surface area contributed by atoms with Gasteiger partial charge in [0.25, 0.3) is 0 Å². The smallest absolute Gasteiger partial charge is 0.337 e. The van der Waals surface area contributed by atoms with E-state index in [9.17, 15) is 4.79 Å². The van der Waals surface area contributed by atoms with E-state index in [1.165, 1.54) is 7.11 Å². The molecule has 0 bridgehead atoms. The van der Waals surface area contributed by atoms with E-state index in [0.717, 1.165) is 29.1 Å². The molecule has 0 amide bonds. The molecule has 0 saturated heterocycles. The molecular weight excluding hydrogens is 244 g/mol. The Kier molecular flexibility index (Phi) is 2.74. The van der Waals surface area contributed by atoms with Crippen molar-refractivity contribution in [3.05, 3.63) is 35.8 Å². The summed E-state index contributed by atoms with van der Waals surface area (Å²) in [5, 5.41) is 0. The molecule has 5 nitrogen and oxygen atoms in total. The van der Waals surface area contributed by atoms with Gasteiger partial charge in [-0.25, -0.2) is 9.78 Å². The molecular formula is C14H14N2O3. The van der Waals surface area contributed by atoms with Crippen molar-refractivity contribution in [3.8, 4) is 17.0 Å². The van der Waals surface area contributed by atoms with Crippen LogP contribution in [0.4, 0.5) is 0 Å². The number of carbonyl (C=O) groups is 1. The molecule has 1 aromatic heterocycles. The van der Waals surface area contributed by atoms with E-state index in [-0.39, 0.29) is 5.97 Å². The molecule has 0 N–H and O–H groups in total. The van der Waals surface area contributed by atoms with Gasteiger partial charge in [0.15, 0.2) is 0 Å². The van der Waals surface area contributed by atoms with Gasteiger partial charge in [-0.15, -0.1) is 0 Å². The molecule has 2 heterocycles. The molecule has 0 unspecified atom stereocenters. The number of hydrogen-bond donors (Lipinski definition) is 0. The Morgan fingerprint density at radius 1 is 1.47 bits per heavy atom. The summed E-state index contributed by atoms with van der Waals surface area (Å²) >= 11 is 0. The third-order valence-electron chi connectivity index (χ3n) is 3.26.